The second-order valence-corrected chi connectivity index (χ2v) is 7.87. The van der Waals surface area contributed by atoms with Crippen molar-refractivity contribution in [3.05, 3.63) is 70.4 Å². The minimum atomic E-state index is -0.682. The Morgan fingerprint density at radius 3 is 1.83 bits per heavy atom. The molecule has 0 N–H and O–H groups in total. The fourth-order valence-corrected chi connectivity index (χ4v) is 6.74. The molecule has 0 saturated heterocycles. The van der Waals surface area contributed by atoms with E-state index in [4.69, 9.17) is 0 Å². The van der Waals surface area contributed by atoms with Crippen molar-refractivity contribution < 1.29 is 0 Å². The first-order chi connectivity index (χ1) is 8.79. The van der Waals surface area contributed by atoms with Gasteiger partial charge in [0.15, 0.2) is 8.80 Å². The van der Waals surface area contributed by atoms with Crippen molar-refractivity contribution in [1.82, 2.24) is 0 Å². The van der Waals surface area contributed by atoms with Crippen molar-refractivity contribution in [2.75, 3.05) is 0 Å². The van der Waals surface area contributed by atoms with Gasteiger partial charge in [0.1, 0.15) is 0 Å². The molecule has 18 heavy (non-hydrogen) atoms. The van der Waals surface area contributed by atoms with Gasteiger partial charge in [-0.25, -0.2) is 0 Å². The van der Waals surface area contributed by atoms with E-state index in [2.05, 4.69) is 62.4 Å². The van der Waals surface area contributed by atoms with E-state index in [1.54, 1.807) is 32.3 Å². The molecule has 0 atom stereocenters. The summed E-state index contributed by atoms with van der Waals surface area (Å²) in [5, 5.41) is 4.89. The molecule has 0 unspecified atom stereocenters. The number of rotatable bonds is 0. The molecule has 3 aliphatic rings. The molecular weight excluding hydrogens is 232 g/mol. The van der Waals surface area contributed by atoms with E-state index in [0.29, 0.717) is 5.92 Å². The van der Waals surface area contributed by atoms with E-state index in [1.807, 2.05) is 0 Å². The van der Waals surface area contributed by atoms with Crippen LogP contribution >= 0.6 is 0 Å². The van der Waals surface area contributed by atoms with E-state index < -0.39 is 8.80 Å². The van der Waals surface area contributed by atoms with Gasteiger partial charge in [-0.3, -0.25) is 0 Å². The van der Waals surface area contributed by atoms with Crippen molar-refractivity contribution in [2.24, 2.45) is 0 Å². The summed E-state index contributed by atoms with van der Waals surface area (Å²) in [6.07, 6.45) is 0. The van der Waals surface area contributed by atoms with E-state index in [1.165, 1.54) is 0 Å². The molecule has 1 heteroatoms. The summed E-state index contributed by atoms with van der Waals surface area (Å²) in [5.41, 5.74) is 4.72. The Bertz CT molecular complexity index is 576. The average Bonchev–Trinajstić information content (AvgIpc) is 2.42. The molecule has 2 aromatic carbocycles. The van der Waals surface area contributed by atoms with E-state index in [9.17, 15) is 0 Å². The Morgan fingerprint density at radius 2 is 1.28 bits per heavy atom. The summed E-state index contributed by atoms with van der Waals surface area (Å²) in [6.45, 7) is 4.68. The van der Waals surface area contributed by atoms with Crippen LogP contribution in [0.15, 0.2) is 59.3 Å². The van der Waals surface area contributed by atoms with Crippen LogP contribution in [0, 0.1) is 0 Å². The molecular formula is C17H15Si. The Labute approximate surface area is 110 Å². The third-order valence-corrected chi connectivity index (χ3v) is 7.61. The molecule has 5 rings (SSSR count). The van der Waals surface area contributed by atoms with E-state index in [-0.39, 0.29) is 0 Å². The summed E-state index contributed by atoms with van der Waals surface area (Å²) < 4.78 is 0. The average molecular weight is 247 g/mol. The van der Waals surface area contributed by atoms with Gasteiger partial charge in [-0.15, -0.1) is 0 Å². The minimum Gasteiger partial charge on any atom is -0.0760 e. The van der Waals surface area contributed by atoms with Gasteiger partial charge in [-0.1, -0.05) is 59.3 Å². The van der Waals surface area contributed by atoms with Gasteiger partial charge < -0.3 is 0 Å². The smallest absolute Gasteiger partial charge is 0.0760 e. The van der Waals surface area contributed by atoms with Gasteiger partial charge in [0.25, 0.3) is 0 Å². The zero-order valence-corrected chi connectivity index (χ0v) is 11.7. The van der Waals surface area contributed by atoms with Crippen molar-refractivity contribution in [3.8, 4) is 0 Å². The number of hydrogen-bond donors (Lipinski definition) is 0. The maximum absolute atomic E-state index is 2.35. The van der Waals surface area contributed by atoms with Crippen LogP contribution in [0.4, 0.5) is 0 Å². The lowest BCUT2D eigenvalue weighted by Gasteiger charge is -2.41. The second-order valence-electron chi connectivity index (χ2n) is 5.29. The highest BCUT2D eigenvalue weighted by molar-refractivity contribution is 6.92. The van der Waals surface area contributed by atoms with Crippen LogP contribution in [-0.4, -0.2) is 8.80 Å². The predicted octanol–water partition coefficient (Wildman–Crippen LogP) is 2.63. The number of benzene rings is 2. The first-order valence-corrected chi connectivity index (χ1v) is 8.02. The van der Waals surface area contributed by atoms with Crippen LogP contribution < -0.4 is 10.4 Å². The van der Waals surface area contributed by atoms with Crippen molar-refractivity contribution in [3.63, 3.8) is 0 Å². The molecule has 0 saturated carbocycles. The van der Waals surface area contributed by atoms with Crippen molar-refractivity contribution in [1.29, 1.82) is 0 Å². The Morgan fingerprint density at radius 1 is 0.778 bits per heavy atom. The lowest BCUT2D eigenvalue weighted by Crippen LogP contribution is -2.55. The van der Waals surface area contributed by atoms with Gasteiger partial charge in [-0.2, -0.15) is 0 Å². The zero-order chi connectivity index (χ0) is 12.3. The van der Waals surface area contributed by atoms with Gasteiger partial charge in [0.2, 0.25) is 0 Å². The largest absolute Gasteiger partial charge is 0.150 e. The molecule has 0 spiro atoms. The van der Waals surface area contributed by atoms with Crippen LogP contribution in [0.3, 0.4) is 0 Å². The molecule has 2 aromatic rings. The highest BCUT2D eigenvalue weighted by Crippen LogP contribution is 2.40. The lowest BCUT2D eigenvalue weighted by molar-refractivity contribution is 0.928. The molecule has 0 aromatic heterocycles. The summed E-state index contributed by atoms with van der Waals surface area (Å²) in [5.74, 6) is 0.514. The van der Waals surface area contributed by atoms with Gasteiger partial charge in [0.05, 0.1) is 0 Å². The standard InChI is InChI=1S/C17H15Si/c1-11-12(2)18-15-9-5-3-7-13(15)17(11)14-8-4-6-10-16(14)18/h3-10,17H,1-2H3. The summed E-state index contributed by atoms with van der Waals surface area (Å²) in [4.78, 5) is 0. The predicted molar refractivity (Wildman–Crippen MR) is 78.1 cm³/mol. The monoisotopic (exact) mass is 247 g/mol. The fraction of sp³-hybridized carbons (Fsp3) is 0.176. The Kier molecular flexibility index (Phi) is 1.98. The minimum absolute atomic E-state index is 0.514. The summed E-state index contributed by atoms with van der Waals surface area (Å²) in [6, 6.07) is 18.1. The molecule has 3 heterocycles. The van der Waals surface area contributed by atoms with Crippen LogP contribution in [0.1, 0.15) is 30.9 Å². The lowest BCUT2D eigenvalue weighted by atomic mass is 9.84. The third kappa shape index (κ3) is 1.10. The second kappa shape index (κ2) is 3.45. The molecule has 0 nitrogen and oxygen atoms in total. The highest BCUT2D eigenvalue weighted by atomic mass is 28.3. The first-order valence-electron chi connectivity index (χ1n) is 6.52. The van der Waals surface area contributed by atoms with Crippen molar-refractivity contribution >= 4 is 19.2 Å². The maximum Gasteiger partial charge on any atom is 0.150 e. The topological polar surface area (TPSA) is 0 Å². The van der Waals surface area contributed by atoms with Crippen LogP contribution in [-0.2, 0) is 0 Å². The van der Waals surface area contributed by atoms with Crippen LogP contribution in [0.25, 0.3) is 0 Å². The molecule has 2 bridgehead atoms. The Hall–Kier alpha value is -1.60. The Balaban J connectivity index is 2.10. The molecule has 0 aliphatic carbocycles. The summed E-state index contributed by atoms with van der Waals surface area (Å²) >= 11 is 0. The fourth-order valence-electron chi connectivity index (χ4n) is 3.55. The van der Waals surface area contributed by atoms with Crippen LogP contribution in [0.5, 0.6) is 0 Å². The van der Waals surface area contributed by atoms with Gasteiger partial charge >= 0.3 is 0 Å². The normalized spacial score (nSPS) is 17.9. The van der Waals surface area contributed by atoms with Crippen LogP contribution in [0.2, 0.25) is 0 Å². The quantitative estimate of drug-likeness (QED) is 0.628. The van der Waals surface area contributed by atoms with Crippen molar-refractivity contribution in [2.45, 2.75) is 19.8 Å². The SMILES string of the molecule is CC1=C(C)[Si]2c3ccccc3C1c1ccccc12. The maximum atomic E-state index is 2.35. The van der Waals surface area contributed by atoms with Gasteiger partial charge in [-0.05, 0) is 35.3 Å². The van der Waals surface area contributed by atoms with E-state index in [0.717, 1.165) is 0 Å². The molecule has 0 fully saturated rings. The molecule has 3 aliphatic heterocycles. The zero-order valence-electron chi connectivity index (χ0n) is 10.7. The molecule has 0 amide bonds. The molecule has 1 radical (unpaired) electrons. The first kappa shape index (κ1) is 10.3. The summed E-state index contributed by atoms with van der Waals surface area (Å²) in [7, 11) is -0.682. The third-order valence-electron chi connectivity index (χ3n) is 4.48. The number of allylic oxidation sites excluding steroid dienone is 2. The van der Waals surface area contributed by atoms with E-state index >= 15 is 0 Å². The van der Waals surface area contributed by atoms with Gasteiger partial charge in [0, 0.05) is 5.92 Å². The highest BCUT2D eigenvalue weighted by Gasteiger charge is 2.40. The molecule has 87 valence electrons. The number of hydrogen-bond acceptors (Lipinski definition) is 0.